The smallest absolute Gasteiger partial charge is 0.175 e. The number of hydrogen-bond donors (Lipinski definition) is 1. The van der Waals surface area contributed by atoms with Crippen LogP contribution in [-0.2, 0) is 16.4 Å². The van der Waals surface area contributed by atoms with Gasteiger partial charge in [0, 0.05) is 12.8 Å². The molecule has 2 aromatic carbocycles. The van der Waals surface area contributed by atoms with Crippen molar-refractivity contribution in [3.8, 4) is 0 Å². The number of anilines is 1. The molecule has 0 saturated carbocycles. The molecular weight excluding hydrogens is 289 g/mol. The second-order valence-corrected chi connectivity index (χ2v) is 7.15. The minimum Gasteiger partial charge on any atom is -0.379 e. The molecule has 0 unspecified atom stereocenters. The van der Waals surface area contributed by atoms with E-state index < -0.39 is 15.7 Å². The third kappa shape index (κ3) is 3.61. The van der Waals surface area contributed by atoms with Gasteiger partial charge < -0.3 is 5.32 Å². The normalized spacial score (nSPS) is 11.4. The number of benzene rings is 2. The van der Waals surface area contributed by atoms with Crippen LogP contribution >= 0.6 is 0 Å². The van der Waals surface area contributed by atoms with Crippen LogP contribution in [0.15, 0.2) is 41.3 Å². The predicted octanol–water partition coefficient (Wildman–Crippen LogP) is 3.46. The first-order valence-corrected chi connectivity index (χ1v) is 8.47. The Bertz CT molecular complexity index is 750. The minimum atomic E-state index is -3.35. The van der Waals surface area contributed by atoms with E-state index in [9.17, 15) is 12.8 Å². The van der Waals surface area contributed by atoms with Crippen molar-refractivity contribution in [2.24, 2.45) is 0 Å². The monoisotopic (exact) mass is 307 g/mol. The number of halogens is 1. The maximum absolute atomic E-state index is 13.8. The zero-order valence-electron chi connectivity index (χ0n) is 12.3. The summed E-state index contributed by atoms with van der Waals surface area (Å²) in [6, 6.07) is 9.73. The van der Waals surface area contributed by atoms with Gasteiger partial charge in [0.05, 0.1) is 10.6 Å². The lowest BCUT2D eigenvalue weighted by atomic mass is 10.0. The second-order valence-electron chi connectivity index (χ2n) is 5.14. The van der Waals surface area contributed by atoms with Gasteiger partial charge in [0.1, 0.15) is 5.82 Å². The zero-order chi connectivity index (χ0) is 15.6. The lowest BCUT2D eigenvalue weighted by Gasteiger charge is -2.13. The highest BCUT2D eigenvalue weighted by molar-refractivity contribution is 7.90. The molecule has 0 aliphatic carbocycles. The summed E-state index contributed by atoms with van der Waals surface area (Å²) in [6.45, 7) is 4.43. The van der Waals surface area contributed by atoms with Crippen molar-refractivity contribution >= 4 is 15.5 Å². The van der Waals surface area contributed by atoms with E-state index in [-0.39, 0.29) is 10.6 Å². The molecular formula is C16H18FNO2S. The summed E-state index contributed by atoms with van der Waals surface area (Å²) in [7, 11) is -3.35. The van der Waals surface area contributed by atoms with Crippen LogP contribution in [0.5, 0.6) is 0 Å². The van der Waals surface area contributed by atoms with E-state index in [0.717, 1.165) is 22.9 Å². The van der Waals surface area contributed by atoms with Crippen LogP contribution < -0.4 is 5.32 Å². The van der Waals surface area contributed by atoms with E-state index in [2.05, 4.69) is 5.32 Å². The van der Waals surface area contributed by atoms with E-state index in [1.165, 1.54) is 18.2 Å². The van der Waals surface area contributed by atoms with Gasteiger partial charge in [0.25, 0.3) is 0 Å². The Kier molecular flexibility index (Phi) is 4.32. The summed E-state index contributed by atoms with van der Waals surface area (Å²) in [5.41, 5.74) is 3.51. The van der Waals surface area contributed by atoms with Crippen LogP contribution in [0.4, 0.5) is 10.1 Å². The number of aryl methyl sites for hydroxylation is 2. The first-order valence-electron chi connectivity index (χ1n) is 6.57. The van der Waals surface area contributed by atoms with Crippen molar-refractivity contribution in [3.05, 3.63) is 58.9 Å². The topological polar surface area (TPSA) is 46.2 Å². The Labute approximate surface area is 124 Å². The molecule has 0 aliphatic heterocycles. The molecule has 0 heterocycles. The summed E-state index contributed by atoms with van der Waals surface area (Å²) < 4.78 is 36.9. The Balaban J connectivity index is 2.28. The molecule has 0 amide bonds. The number of hydrogen-bond acceptors (Lipinski definition) is 3. The molecule has 0 aliphatic rings. The van der Waals surface area contributed by atoms with Crippen LogP contribution in [0.1, 0.15) is 16.7 Å². The minimum absolute atomic E-state index is 0.105. The summed E-state index contributed by atoms with van der Waals surface area (Å²) in [5.74, 6) is -0.464. The summed E-state index contributed by atoms with van der Waals surface area (Å²) >= 11 is 0. The molecule has 1 N–H and O–H groups in total. The summed E-state index contributed by atoms with van der Waals surface area (Å²) in [4.78, 5) is 0.105. The molecule has 0 bridgehead atoms. The average molecular weight is 307 g/mol. The number of nitrogens with one attached hydrogen (secondary N) is 1. The molecule has 0 aromatic heterocycles. The van der Waals surface area contributed by atoms with Gasteiger partial charge in [0.2, 0.25) is 0 Å². The summed E-state index contributed by atoms with van der Waals surface area (Å²) in [6.07, 6.45) is 1.11. The fraction of sp³-hybridized carbons (Fsp3) is 0.250. The van der Waals surface area contributed by atoms with Gasteiger partial charge in [-0.05, 0) is 48.7 Å². The highest BCUT2D eigenvalue weighted by atomic mass is 32.2. The van der Waals surface area contributed by atoms with Crippen molar-refractivity contribution in [2.45, 2.75) is 25.3 Å². The first-order chi connectivity index (χ1) is 9.79. The molecule has 112 valence electrons. The SMILES string of the molecule is Cc1cccc(C)c1CNc1cc(S(C)(=O)=O)ccc1F. The van der Waals surface area contributed by atoms with Crippen molar-refractivity contribution < 1.29 is 12.8 Å². The molecule has 3 nitrogen and oxygen atoms in total. The third-order valence-electron chi connectivity index (χ3n) is 3.47. The largest absolute Gasteiger partial charge is 0.379 e. The van der Waals surface area contributed by atoms with E-state index in [1.807, 2.05) is 32.0 Å². The van der Waals surface area contributed by atoms with Crippen LogP contribution in [0.3, 0.4) is 0 Å². The number of sulfone groups is 1. The molecule has 0 fully saturated rings. The second kappa shape index (κ2) is 5.85. The van der Waals surface area contributed by atoms with Gasteiger partial charge in [-0.3, -0.25) is 0 Å². The maximum Gasteiger partial charge on any atom is 0.175 e. The Morgan fingerprint density at radius 1 is 1.10 bits per heavy atom. The summed E-state index contributed by atoms with van der Waals surface area (Å²) in [5, 5.41) is 2.98. The quantitative estimate of drug-likeness (QED) is 0.880. The van der Waals surface area contributed by atoms with E-state index in [1.54, 1.807) is 0 Å². The molecule has 0 saturated heterocycles. The van der Waals surface area contributed by atoms with Crippen molar-refractivity contribution in [3.63, 3.8) is 0 Å². The zero-order valence-corrected chi connectivity index (χ0v) is 13.1. The van der Waals surface area contributed by atoms with Crippen molar-refractivity contribution in [1.82, 2.24) is 0 Å². The molecule has 0 radical (unpaired) electrons. The fourth-order valence-corrected chi connectivity index (χ4v) is 2.83. The van der Waals surface area contributed by atoms with Crippen LogP contribution in [0.25, 0.3) is 0 Å². The Morgan fingerprint density at radius 3 is 2.29 bits per heavy atom. The Morgan fingerprint density at radius 2 is 1.71 bits per heavy atom. The van der Waals surface area contributed by atoms with E-state index in [4.69, 9.17) is 0 Å². The van der Waals surface area contributed by atoms with Gasteiger partial charge in [-0.2, -0.15) is 0 Å². The molecule has 21 heavy (non-hydrogen) atoms. The lowest BCUT2D eigenvalue weighted by molar-refractivity contribution is 0.600. The fourth-order valence-electron chi connectivity index (χ4n) is 2.18. The van der Waals surface area contributed by atoms with Crippen LogP contribution in [-0.4, -0.2) is 14.7 Å². The number of rotatable bonds is 4. The maximum atomic E-state index is 13.8. The van der Waals surface area contributed by atoms with Gasteiger partial charge in [0.15, 0.2) is 9.84 Å². The lowest BCUT2D eigenvalue weighted by Crippen LogP contribution is -2.06. The standard InChI is InChI=1S/C16H18FNO2S/c1-11-5-4-6-12(2)14(11)10-18-16-9-13(21(3,19)20)7-8-15(16)17/h4-9,18H,10H2,1-3H3. The van der Waals surface area contributed by atoms with Crippen molar-refractivity contribution in [2.75, 3.05) is 11.6 Å². The first kappa shape index (κ1) is 15.5. The average Bonchev–Trinajstić information content (AvgIpc) is 2.38. The van der Waals surface area contributed by atoms with Crippen LogP contribution in [0, 0.1) is 19.7 Å². The van der Waals surface area contributed by atoms with Gasteiger partial charge in [-0.15, -0.1) is 0 Å². The molecule has 2 aromatic rings. The van der Waals surface area contributed by atoms with E-state index >= 15 is 0 Å². The highest BCUT2D eigenvalue weighted by Gasteiger charge is 2.11. The highest BCUT2D eigenvalue weighted by Crippen LogP contribution is 2.21. The molecule has 0 spiro atoms. The van der Waals surface area contributed by atoms with Gasteiger partial charge in [-0.1, -0.05) is 18.2 Å². The third-order valence-corrected chi connectivity index (χ3v) is 4.58. The van der Waals surface area contributed by atoms with Gasteiger partial charge >= 0.3 is 0 Å². The molecule has 5 heteroatoms. The predicted molar refractivity (Wildman–Crippen MR) is 82.8 cm³/mol. The Hall–Kier alpha value is -1.88. The van der Waals surface area contributed by atoms with Crippen molar-refractivity contribution in [1.29, 1.82) is 0 Å². The molecule has 0 atom stereocenters. The van der Waals surface area contributed by atoms with E-state index in [0.29, 0.717) is 6.54 Å². The van der Waals surface area contributed by atoms with Crippen LogP contribution in [0.2, 0.25) is 0 Å². The van der Waals surface area contributed by atoms with Gasteiger partial charge in [-0.25, -0.2) is 12.8 Å². The molecule has 2 rings (SSSR count).